The number of nitrogens with zero attached hydrogens (tertiary/aromatic N) is 2. The first-order valence-electron chi connectivity index (χ1n) is 8.46. The first-order valence-corrected chi connectivity index (χ1v) is 8.46. The van der Waals surface area contributed by atoms with Gasteiger partial charge < -0.3 is 25.6 Å². The summed E-state index contributed by atoms with van der Waals surface area (Å²) in [5.74, 6) is 0. The number of nitrogens with two attached hydrogens (primary N) is 1. The lowest BCUT2D eigenvalue weighted by Gasteiger charge is -2.30. The fraction of sp³-hybridized carbons (Fsp3) is 0.647. The van der Waals surface area contributed by atoms with Crippen LogP contribution in [0.15, 0.2) is 24.3 Å². The maximum Gasteiger partial charge on any atom is 0.0642 e. The average Bonchev–Trinajstić information content (AvgIpc) is 2.58. The lowest BCUT2D eigenvalue weighted by atomic mass is 10.1. The molecule has 0 radical (unpaired) electrons. The normalized spacial score (nSPS) is 21.0. The van der Waals surface area contributed by atoms with Crippen LogP contribution in [0.25, 0.3) is 0 Å². The SMILES string of the molecule is NC1CCN(CCNc2ccc(N3CCOCC3)cc2)CC1. The van der Waals surface area contributed by atoms with Gasteiger partial charge in [0.2, 0.25) is 0 Å². The summed E-state index contributed by atoms with van der Waals surface area (Å²) in [5, 5.41) is 3.52. The molecule has 2 saturated heterocycles. The van der Waals surface area contributed by atoms with Crippen LogP contribution in [0.3, 0.4) is 0 Å². The molecular formula is C17H28N4O. The molecule has 1 aromatic carbocycles. The van der Waals surface area contributed by atoms with E-state index in [1.54, 1.807) is 0 Å². The van der Waals surface area contributed by atoms with Crippen LogP contribution < -0.4 is 16.0 Å². The number of piperidine rings is 1. The summed E-state index contributed by atoms with van der Waals surface area (Å²) in [5.41, 5.74) is 8.43. The third-order valence-electron chi connectivity index (χ3n) is 4.63. The van der Waals surface area contributed by atoms with E-state index in [1.807, 2.05) is 0 Å². The minimum Gasteiger partial charge on any atom is -0.384 e. The van der Waals surface area contributed by atoms with Gasteiger partial charge in [0.1, 0.15) is 0 Å². The molecule has 2 fully saturated rings. The molecule has 0 bridgehead atoms. The van der Waals surface area contributed by atoms with Gasteiger partial charge in [0.15, 0.2) is 0 Å². The molecule has 22 heavy (non-hydrogen) atoms. The molecule has 0 unspecified atom stereocenters. The van der Waals surface area contributed by atoms with Crippen LogP contribution in [-0.4, -0.2) is 63.4 Å². The summed E-state index contributed by atoms with van der Waals surface area (Å²) in [4.78, 5) is 4.88. The van der Waals surface area contributed by atoms with Gasteiger partial charge in [0, 0.05) is 43.6 Å². The standard InChI is InChI=1S/C17H28N4O/c18-15-5-8-20(9-6-15)10-7-19-16-1-3-17(4-2-16)21-11-13-22-14-12-21/h1-4,15,19H,5-14,18H2. The lowest BCUT2D eigenvalue weighted by molar-refractivity contribution is 0.122. The van der Waals surface area contributed by atoms with Crippen molar-refractivity contribution in [3.8, 4) is 0 Å². The van der Waals surface area contributed by atoms with E-state index in [0.29, 0.717) is 6.04 Å². The predicted molar refractivity (Wildman–Crippen MR) is 91.6 cm³/mol. The number of morpholine rings is 1. The molecule has 0 aromatic heterocycles. The van der Waals surface area contributed by atoms with E-state index in [9.17, 15) is 0 Å². The second-order valence-corrected chi connectivity index (χ2v) is 6.25. The number of nitrogens with one attached hydrogen (secondary N) is 1. The smallest absolute Gasteiger partial charge is 0.0642 e. The molecule has 5 nitrogen and oxygen atoms in total. The zero-order valence-corrected chi connectivity index (χ0v) is 13.3. The van der Waals surface area contributed by atoms with E-state index in [1.165, 1.54) is 11.4 Å². The topological polar surface area (TPSA) is 53.8 Å². The van der Waals surface area contributed by atoms with Gasteiger partial charge in [-0.3, -0.25) is 0 Å². The van der Waals surface area contributed by atoms with Crippen molar-refractivity contribution in [2.75, 3.05) is 62.7 Å². The molecule has 3 N–H and O–H groups in total. The van der Waals surface area contributed by atoms with Crippen molar-refractivity contribution in [1.29, 1.82) is 0 Å². The lowest BCUT2D eigenvalue weighted by Crippen LogP contribution is -2.41. The van der Waals surface area contributed by atoms with Crippen molar-refractivity contribution >= 4 is 11.4 Å². The number of rotatable bonds is 5. The first-order chi connectivity index (χ1) is 10.8. The van der Waals surface area contributed by atoms with Gasteiger partial charge in [0.25, 0.3) is 0 Å². The van der Waals surface area contributed by atoms with Crippen molar-refractivity contribution in [1.82, 2.24) is 4.90 Å². The highest BCUT2D eigenvalue weighted by Gasteiger charge is 2.15. The fourth-order valence-electron chi connectivity index (χ4n) is 3.15. The summed E-state index contributed by atoms with van der Waals surface area (Å²) in [6.45, 7) is 8.01. The van der Waals surface area contributed by atoms with Crippen molar-refractivity contribution in [2.45, 2.75) is 18.9 Å². The monoisotopic (exact) mass is 304 g/mol. The van der Waals surface area contributed by atoms with Gasteiger partial charge in [-0.2, -0.15) is 0 Å². The van der Waals surface area contributed by atoms with Crippen LogP contribution in [0, 0.1) is 0 Å². The second kappa shape index (κ2) is 7.81. The largest absolute Gasteiger partial charge is 0.384 e. The Morgan fingerprint density at radius 2 is 1.73 bits per heavy atom. The number of hydrogen-bond acceptors (Lipinski definition) is 5. The summed E-state index contributed by atoms with van der Waals surface area (Å²) in [7, 11) is 0. The van der Waals surface area contributed by atoms with Crippen LogP contribution in [0.4, 0.5) is 11.4 Å². The number of hydrogen-bond donors (Lipinski definition) is 2. The van der Waals surface area contributed by atoms with E-state index in [0.717, 1.165) is 65.3 Å². The predicted octanol–water partition coefficient (Wildman–Crippen LogP) is 1.36. The highest BCUT2D eigenvalue weighted by Crippen LogP contribution is 2.19. The minimum atomic E-state index is 0.414. The summed E-state index contributed by atoms with van der Waals surface area (Å²) < 4.78 is 5.40. The molecule has 2 heterocycles. The van der Waals surface area contributed by atoms with Crippen LogP contribution in [-0.2, 0) is 4.74 Å². The van der Waals surface area contributed by atoms with Crippen LogP contribution >= 0.6 is 0 Å². The Morgan fingerprint density at radius 1 is 1.05 bits per heavy atom. The molecule has 5 heteroatoms. The molecule has 0 aliphatic carbocycles. The van der Waals surface area contributed by atoms with Crippen molar-refractivity contribution < 1.29 is 4.74 Å². The maximum absolute atomic E-state index is 5.94. The first kappa shape index (κ1) is 15.6. The number of likely N-dealkylation sites (tertiary alicyclic amines) is 1. The van der Waals surface area contributed by atoms with Crippen molar-refractivity contribution in [3.63, 3.8) is 0 Å². The molecule has 2 aliphatic heterocycles. The Hall–Kier alpha value is -1.30. The van der Waals surface area contributed by atoms with Crippen molar-refractivity contribution in [2.24, 2.45) is 5.73 Å². The van der Waals surface area contributed by atoms with Crippen molar-refractivity contribution in [3.05, 3.63) is 24.3 Å². The Morgan fingerprint density at radius 3 is 2.41 bits per heavy atom. The zero-order chi connectivity index (χ0) is 15.2. The number of ether oxygens (including phenoxy) is 1. The second-order valence-electron chi connectivity index (χ2n) is 6.25. The average molecular weight is 304 g/mol. The third-order valence-corrected chi connectivity index (χ3v) is 4.63. The number of anilines is 2. The van der Waals surface area contributed by atoms with Crippen LogP contribution in [0.1, 0.15) is 12.8 Å². The summed E-state index contributed by atoms with van der Waals surface area (Å²) >= 11 is 0. The maximum atomic E-state index is 5.94. The Balaban J connectivity index is 1.41. The molecular weight excluding hydrogens is 276 g/mol. The van der Waals surface area contributed by atoms with Gasteiger partial charge in [0.05, 0.1) is 13.2 Å². The van der Waals surface area contributed by atoms with Gasteiger partial charge in [-0.1, -0.05) is 0 Å². The van der Waals surface area contributed by atoms with E-state index >= 15 is 0 Å². The molecule has 3 rings (SSSR count). The quantitative estimate of drug-likeness (QED) is 0.860. The van der Waals surface area contributed by atoms with E-state index < -0.39 is 0 Å². The van der Waals surface area contributed by atoms with Gasteiger partial charge in [-0.15, -0.1) is 0 Å². The molecule has 0 atom stereocenters. The van der Waals surface area contributed by atoms with E-state index in [2.05, 4.69) is 39.4 Å². The Bertz CT molecular complexity index is 436. The molecule has 0 spiro atoms. The van der Waals surface area contributed by atoms with Gasteiger partial charge in [-0.05, 0) is 50.2 Å². The molecule has 0 saturated carbocycles. The van der Waals surface area contributed by atoms with E-state index in [-0.39, 0.29) is 0 Å². The highest BCUT2D eigenvalue weighted by molar-refractivity contribution is 5.55. The molecule has 1 aromatic rings. The van der Waals surface area contributed by atoms with Gasteiger partial charge >= 0.3 is 0 Å². The Kier molecular flexibility index (Phi) is 5.53. The Labute approximate surface area is 133 Å². The molecule has 122 valence electrons. The van der Waals surface area contributed by atoms with E-state index in [4.69, 9.17) is 10.5 Å². The van der Waals surface area contributed by atoms with Gasteiger partial charge in [-0.25, -0.2) is 0 Å². The van der Waals surface area contributed by atoms with Crippen LogP contribution in [0.2, 0.25) is 0 Å². The highest BCUT2D eigenvalue weighted by atomic mass is 16.5. The fourth-order valence-corrected chi connectivity index (χ4v) is 3.15. The zero-order valence-electron chi connectivity index (χ0n) is 13.3. The minimum absolute atomic E-state index is 0.414. The van der Waals surface area contributed by atoms with Crippen LogP contribution in [0.5, 0.6) is 0 Å². The molecule has 0 amide bonds. The summed E-state index contributed by atoms with van der Waals surface area (Å²) in [6.07, 6.45) is 2.27. The summed E-state index contributed by atoms with van der Waals surface area (Å²) in [6, 6.07) is 9.17. The number of benzene rings is 1. The molecule has 2 aliphatic rings. The third kappa shape index (κ3) is 4.35.